The molecule has 1 heterocycles. The molecule has 0 unspecified atom stereocenters. The Bertz CT molecular complexity index is 410. The van der Waals surface area contributed by atoms with E-state index in [1.807, 2.05) is 24.3 Å². The first-order valence-corrected chi connectivity index (χ1v) is 6.46. The van der Waals surface area contributed by atoms with Crippen molar-refractivity contribution >= 4 is 27.5 Å². The highest BCUT2D eigenvalue weighted by Crippen LogP contribution is 2.15. The normalized spacial score (nSPS) is 20.5. The van der Waals surface area contributed by atoms with E-state index in [2.05, 4.69) is 26.1 Å². The Hall–Kier alpha value is -0.910. The van der Waals surface area contributed by atoms with Crippen LogP contribution in [0.25, 0.3) is 0 Å². The van der Waals surface area contributed by atoms with Crippen LogP contribution in [0.4, 0.5) is 5.69 Å². The van der Waals surface area contributed by atoms with Crippen LogP contribution in [0.1, 0.15) is 6.42 Å². The largest absolute Gasteiger partial charge is 0.326 e. The molecule has 17 heavy (non-hydrogen) atoms. The number of rotatable bonds is 3. The fourth-order valence-electron chi connectivity index (χ4n) is 1.98. The first kappa shape index (κ1) is 12.5. The summed E-state index contributed by atoms with van der Waals surface area (Å²) in [4.78, 5) is 13.9. The maximum Gasteiger partial charge on any atom is 0.238 e. The van der Waals surface area contributed by atoms with Crippen molar-refractivity contribution < 1.29 is 4.79 Å². The van der Waals surface area contributed by atoms with E-state index in [-0.39, 0.29) is 11.9 Å². The molecule has 3 N–H and O–H groups in total. The van der Waals surface area contributed by atoms with Crippen LogP contribution in [0.3, 0.4) is 0 Å². The first-order valence-electron chi connectivity index (χ1n) is 5.67. The summed E-state index contributed by atoms with van der Waals surface area (Å²) in [6, 6.07) is 7.79. The molecule has 4 nitrogen and oxygen atoms in total. The number of amides is 1. The Morgan fingerprint density at radius 3 is 3.06 bits per heavy atom. The van der Waals surface area contributed by atoms with E-state index >= 15 is 0 Å². The number of nitrogens with one attached hydrogen (secondary N) is 1. The van der Waals surface area contributed by atoms with Crippen molar-refractivity contribution in [2.45, 2.75) is 12.5 Å². The fraction of sp³-hybridized carbons (Fsp3) is 0.417. The zero-order valence-electron chi connectivity index (χ0n) is 9.53. The molecule has 1 fully saturated rings. The lowest BCUT2D eigenvalue weighted by atomic mass is 10.3. The molecule has 0 saturated carbocycles. The Kier molecular flexibility index (Phi) is 4.15. The molecule has 0 spiro atoms. The van der Waals surface area contributed by atoms with Crippen LogP contribution < -0.4 is 11.1 Å². The van der Waals surface area contributed by atoms with Crippen molar-refractivity contribution in [2.24, 2.45) is 5.73 Å². The first-order chi connectivity index (χ1) is 8.13. The van der Waals surface area contributed by atoms with Gasteiger partial charge in [-0.25, -0.2) is 0 Å². The number of halogens is 1. The fourth-order valence-corrected chi connectivity index (χ4v) is 2.38. The zero-order chi connectivity index (χ0) is 12.3. The maximum atomic E-state index is 11.8. The van der Waals surface area contributed by atoms with Crippen LogP contribution in [-0.2, 0) is 4.79 Å². The molecule has 1 aromatic carbocycles. The smallest absolute Gasteiger partial charge is 0.238 e. The second-order valence-electron chi connectivity index (χ2n) is 4.34. The van der Waals surface area contributed by atoms with Crippen molar-refractivity contribution in [3.63, 3.8) is 0 Å². The van der Waals surface area contributed by atoms with E-state index in [1.54, 1.807) is 0 Å². The van der Waals surface area contributed by atoms with Gasteiger partial charge in [0.1, 0.15) is 0 Å². The molecule has 2 rings (SSSR count). The number of likely N-dealkylation sites (tertiary alicyclic amines) is 1. The van der Waals surface area contributed by atoms with Gasteiger partial charge in [-0.3, -0.25) is 9.69 Å². The summed E-state index contributed by atoms with van der Waals surface area (Å²) in [6.45, 7) is 2.14. The molecule has 1 aromatic rings. The van der Waals surface area contributed by atoms with Gasteiger partial charge in [-0.2, -0.15) is 0 Å². The highest BCUT2D eigenvalue weighted by atomic mass is 79.9. The minimum absolute atomic E-state index is 0.0113. The molecular formula is C12H16BrN3O. The zero-order valence-corrected chi connectivity index (χ0v) is 11.1. The summed E-state index contributed by atoms with van der Waals surface area (Å²) in [5.74, 6) is 0.0113. The van der Waals surface area contributed by atoms with E-state index < -0.39 is 0 Å². The number of benzene rings is 1. The number of carbonyl (C=O) groups excluding carboxylic acids is 1. The maximum absolute atomic E-state index is 11.8. The molecular weight excluding hydrogens is 282 g/mol. The molecule has 5 heteroatoms. The third-order valence-electron chi connectivity index (χ3n) is 2.78. The van der Waals surface area contributed by atoms with Crippen molar-refractivity contribution in [2.75, 3.05) is 25.0 Å². The number of hydrogen-bond acceptors (Lipinski definition) is 3. The molecule has 1 aliphatic rings. The molecule has 1 atom stereocenters. The Morgan fingerprint density at radius 2 is 2.41 bits per heavy atom. The predicted octanol–water partition coefficient (Wildman–Crippen LogP) is 1.42. The Morgan fingerprint density at radius 1 is 1.59 bits per heavy atom. The van der Waals surface area contributed by atoms with Gasteiger partial charge in [-0.15, -0.1) is 0 Å². The van der Waals surface area contributed by atoms with Gasteiger partial charge in [-0.1, -0.05) is 22.0 Å². The highest BCUT2D eigenvalue weighted by molar-refractivity contribution is 9.10. The van der Waals surface area contributed by atoms with Crippen LogP contribution >= 0.6 is 15.9 Å². The van der Waals surface area contributed by atoms with Gasteiger partial charge in [0.25, 0.3) is 0 Å². The number of carbonyl (C=O) groups is 1. The molecule has 0 bridgehead atoms. The van der Waals surface area contributed by atoms with Crippen LogP contribution in [0, 0.1) is 0 Å². The lowest BCUT2D eigenvalue weighted by molar-refractivity contribution is -0.117. The van der Waals surface area contributed by atoms with Crippen molar-refractivity contribution in [3.8, 4) is 0 Å². The topological polar surface area (TPSA) is 58.4 Å². The molecule has 1 amide bonds. The third-order valence-corrected chi connectivity index (χ3v) is 3.28. The summed E-state index contributed by atoms with van der Waals surface area (Å²) in [7, 11) is 0. The second-order valence-corrected chi connectivity index (χ2v) is 5.26. The van der Waals surface area contributed by atoms with Crippen molar-refractivity contribution in [1.29, 1.82) is 0 Å². The standard InChI is InChI=1S/C12H16BrN3O/c13-9-2-1-3-11(6-9)15-12(17)8-16-5-4-10(14)7-16/h1-3,6,10H,4-5,7-8,14H2,(H,15,17)/t10-/m0/s1. The molecule has 0 aromatic heterocycles. The summed E-state index contributed by atoms with van der Waals surface area (Å²) >= 11 is 3.37. The monoisotopic (exact) mass is 297 g/mol. The SMILES string of the molecule is N[C@H]1CCN(CC(=O)Nc2cccc(Br)c2)C1. The minimum atomic E-state index is 0.0113. The Labute approximate surface area is 109 Å². The van der Waals surface area contributed by atoms with Gasteiger partial charge in [-0.05, 0) is 24.6 Å². The average Bonchev–Trinajstić information content (AvgIpc) is 2.63. The summed E-state index contributed by atoms with van der Waals surface area (Å²) in [6.07, 6.45) is 0.976. The number of hydrogen-bond donors (Lipinski definition) is 2. The van der Waals surface area contributed by atoms with Gasteiger partial charge >= 0.3 is 0 Å². The van der Waals surface area contributed by atoms with Gasteiger partial charge in [0.15, 0.2) is 0 Å². The number of nitrogens with two attached hydrogens (primary N) is 1. The average molecular weight is 298 g/mol. The van der Waals surface area contributed by atoms with Crippen LogP contribution in [0.5, 0.6) is 0 Å². The van der Waals surface area contributed by atoms with E-state index in [1.165, 1.54) is 0 Å². The van der Waals surface area contributed by atoms with E-state index in [0.29, 0.717) is 6.54 Å². The van der Waals surface area contributed by atoms with E-state index in [9.17, 15) is 4.79 Å². The molecule has 1 saturated heterocycles. The lowest BCUT2D eigenvalue weighted by Gasteiger charge is -2.14. The molecule has 1 aliphatic heterocycles. The molecule has 0 aliphatic carbocycles. The second kappa shape index (κ2) is 5.62. The minimum Gasteiger partial charge on any atom is -0.326 e. The third kappa shape index (κ3) is 3.80. The van der Waals surface area contributed by atoms with Crippen LogP contribution in [0.2, 0.25) is 0 Å². The van der Waals surface area contributed by atoms with E-state index in [0.717, 1.165) is 29.7 Å². The molecule has 0 radical (unpaired) electrons. The van der Waals surface area contributed by atoms with Gasteiger partial charge in [0, 0.05) is 29.3 Å². The summed E-state index contributed by atoms with van der Waals surface area (Å²) in [5.41, 5.74) is 6.61. The van der Waals surface area contributed by atoms with Gasteiger partial charge in [0.2, 0.25) is 5.91 Å². The van der Waals surface area contributed by atoms with Crippen LogP contribution in [0.15, 0.2) is 28.7 Å². The van der Waals surface area contributed by atoms with Gasteiger partial charge in [0.05, 0.1) is 6.54 Å². The highest BCUT2D eigenvalue weighted by Gasteiger charge is 2.20. The predicted molar refractivity (Wildman–Crippen MR) is 71.8 cm³/mol. The summed E-state index contributed by atoms with van der Waals surface area (Å²) < 4.78 is 0.957. The lowest BCUT2D eigenvalue weighted by Crippen LogP contribution is -2.33. The van der Waals surface area contributed by atoms with Crippen molar-refractivity contribution in [3.05, 3.63) is 28.7 Å². The van der Waals surface area contributed by atoms with Crippen LogP contribution in [-0.4, -0.2) is 36.5 Å². The quantitative estimate of drug-likeness (QED) is 0.887. The number of nitrogens with zero attached hydrogens (tertiary/aromatic N) is 1. The number of anilines is 1. The molecule has 92 valence electrons. The van der Waals surface area contributed by atoms with E-state index in [4.69, 9.17) is 5.73 Å². The van der Waals surface area contributed by atoms with Crippen molar-refractivity contribution in [1.82, 2.24) is 4.90 Å². The Balaban J connectivity index is 1.85. The summed E-state index contributed by atoms with van der Waals surface area (Å²) in [5, 5.41) is 2.87. The van der Waals surface area contributed by atoms with Gasteiger partial charge < -0.3 is 11.1 Å².